The number of hydrogen-bond acceptors (Lipinski definition) is 2. The third-order valence-electron chi connectivity index (χ3n) is 3.77. The smallest absolute Gasteiger partial charge is 0.220 e. The Labute approximate surface area is 149 Å². The third kappa shape index (κ3) is 6.25. The van der Waals surface area contributed by atoms with E-state index in [0.717, 1.165) is 35.6 Å². The highest BCUT2D eigenvalue weighted by Gasteiger charge is 2.04. The summed E-state index contributed by atoms with van der Waals surface area (Å²) < 4.78 is 5.61. The quantitative estimate of drug-likeness (QED) is 0.683. The number of benzene rings is 2. The maximum atomic E-state index is 11.9. The zero-order valence-corrected chi connectivity index (χ0v) is 14.8. The van der Waals surface area contributed by atoms with Crippen molar-refractivity contribution in [1.29, 1.82) is 0 Å². The minimum atomic E-state index is 0.0862. The highest BCUT2D eigenvalue weighted by atomic mass is 35.5. The lowest BCUT2D eigenvalue weighted by molar-refractivity contribution is -0.121. The van der Waals surface area contributed by atoms with E-state index >= 15 is 0 Å². The normalized spacial score (nSPS) is 10.4. The molecule has 3 nitrogen and oxygen atoms in total. The van der Waals surface area contributed by atoms with Crippen LogP contribution in [0, 0.1) is 0 Å². The molecule has 0 saturated heterocycles. The van der Waals surface area contributed by atoms with Crippen molar-refractivity contribution in [3.8, 4) is 5.75 Å². The number of carbonyl (C=O) groups is 1. The number of halogens is 1. The van der Waals surface area contributed by atoms with E-state index in [1.807, 2.05) is 49.4 Å². The van der Waals surface area contributed by atoms with Gasteiger partial charge in [0, 0.05) is 18.0 Å². The monoisotopic (exact) mass is 345 g/mol. The van der Waals surface area contributed by atoms with Gasteiger partial charge in [-0.15, -0.1) is 0 Å². The summed E-state index contributed by atoms with van der Waals surface area (Å²) in [6, 6.07) is 15.7. The number of amides is 1. The van der Waals surface area contributed by atoms with E-state index in [4.69, 9.17) is 16.3 Å². The van der Waals surface area contributed by atoms with Crippen LogP contribution in [-0.4, -0.2) is 19.1 Å². The van der Waals surface area contributed by atoms with Gasteiger partial charge in [0.15, 0.2) is 0 Å². The summed E-state index contributed by atoms with van der Waals surface area (Å²) in [5, 5.41) is 3.70. The van der Waals surface area contributed by atoms with Crippen LogP contribution in [0.4, 0.5) is 0 Å². The lowest BCUT2D eigenvalue weighted by Crippen LogP contribution is -2.25. The number of para-hydroxylation sites is 1. The molecule has 1 amide bonds. The molecule has 1 N–H and O–H groups in total. The molecule has 0 radical (unpaired) electrons. The topological polar surface area (TPSA) is 38.3 Å². The summed E-state index contributed by atoms with van der Waals surface area (Å²) in [4.78, 5) is 11.9. The first-order chi connectivity index (χ1) is 11.7. The van der Waals surface area contributed by atoms with Crippen molar-refractivity contribution in [3.63, 3.8) is 0 Å². The molecule has 0 heterocycles. The van der Waals surface area contributed by atoms with Crippen LogP contribution in [0.5, 0.6) is 5.75 Å². The van der Waals surface area contributed by atoms with Crippen LogP contribution < -0.4 is 10.1 Å². The zero-order valence-electron chi connectivity index (χ0n) is 14.1. The molecule has 2 aromatic rings. The molecule has 0 aliphatic carbocycles. The maximum absolute atomic E-state index is 11.9. The molecule has 0 spiro atoms. The standard InChI is InChI=1S/C20H24ClNO2/c1-2-24-19-8-4-3-6-17(19)7-5-15-22-20(23)14-11-16-9-12-18(21)13-10-16/h3-4,6,8-10,12-13H,2,5,7,11,14-15H2,1H3,(H,22,23). The van der Waals surface area contributed by atoms with Gasteiger partial charge in [-0.25, -0.2) is 0 Å². The van der Waals surface area contributed by atoms with E-state index < -0.39 is 0 Å². The lowest BCUT2D eigenvalue weighted by atomic mass is 10.1. The number of ether oxygens (including phenoxy) is 1. The number of hydrogen-bond donors (Lipinski definition) is 1. The Bertz CT molecular complexity index is 640. The largest absolute Gasteiger partial charge is 0.494 e. The highest BCUT2D eigenvalue weighted by Crippen LogP contribution is 2.19. The van der Waals surface area contributed by atoms with Crippen molar-refractivity contribution in [3.05, 3.63) is 64.7 Å². The van der Waals surface area contributed by atoms with E-state index in [1.54, 1.807) is 0 Å². The van der Waals surface area contributed by atoms with E-state index in [-0.39, 0.29) is 5.91 Å². The first kappa shape index (κ1) is 18.3. The molecule has 0 unspecified atom stereocenters. The van der Waals surface area contributed by atoms with Crippen LogP contribution in [0.25, 0.3) is 0 Å². The summed E-state index contributed by atoms with van der Waals surface area (Å²) in [5.41, 5.74) is 2.31. The van der Waals surface area contributed by atoms with Crippen LogP contribution in [-0.2, 0) is 17.6 Å². The van der Waals surface area contributed by atoms with Crippen molar-refractivity contribution >= 4 is 17.5 Å². The second-order valence-corrected chi connectivity index (χ2v) is 6.06. The molecule has 2 aromatic carbocycles. The fourth-order valence-corrected chi connectivity index (χ4v) is 2.64. The number of rotatable bonds is 9. The Morgan fingerprint density at radius 2 is 1.83 bits per heavy atom. The summed E-state index contributed by atoms with van der Waals surface area (Å²) in [5.74, 6) is 1.03. The Hall–Kier alpha value is -2.00. The Morgan fingerprint density at radius 3 is 2.58 bits per heavy atom. The average molecular weight is 346 g/mol. The molecule has 4 heteroatoms. The molecule has 0 atom stereocenters. The average Bonchev–Trinajstić information content (AvgIpc) is 2.60. The van der Waals surface area contributed by atoms with Gasteiger partial charge in [-0.2, -0.15) is 0 Å². The van der Waals surface area contributed by atoms with Crippen LogP contribution in [0.3, 0.4) is 0 Å². The maximum Gasteiger partial charge on any atom is 0.220 e. The van der Waals surface area contributed by atoms with Gasteiger partial charge >= 0.3 is 0 Å². The van der Waals surface area contributed by atoms with Crippen LogP contribution in [0.1, 0.15) is 30.9 Å². The minimum Gasteiger partial charge on any atom is -0.494 e. The van der Waals surface area contributed by atoms with Crippen molar-refractivity contribution in [2.45, 2.75) is 32.6 Å². The molecule has 0 bridgehead atoms. The Balaban J connectivity index is 1.67. The first-order valence-corrected chi connectivity index (χ1v) is 8.78. The predicted molar refractivity (Wildman–Crippen MR) is 98.7 cm³/mol. The van der Waals surface area contributed by atoms with Crippen LogP contribution in [0.2, 0.25) is 5.02 Å². The van der Waals surface area contributed by atoms with Gasteiger partial charge in [-0.1, -0.05) is 41.9 Å². The number of aryl methyl sites for hydroxylation is 2. The molecule has 0 aliphatic rings. The molecule has 24 heavy (non-hydrogen) atoms. The molecular weight excluding hydrogens is 322 g/mol. The highest BCUT2D eigenvalue weighted by molar-refractivity contribution is 6.30. The fourth-order valence-electron chi connectivity index (χ4n) is 2.51. The third-order valence-corrected chi connectivity index (χ3v) is 4.02. The lowest BCUT2D eigenvalue weighted by Gasteiger charge is -2.10. The van der Waals surface area contributed by atoms with Gasteiger partial charge in [0.25, 0.3) is 0 Å². The zero-order chi connectivity index (χ0) is 17.2. The molecule has 0 saturated carbocycles. The summed E-state index contributed by atoms with van der Waals surface area (Å²) in [6.45, 7) is 3.33. The van der Waals surface area contributed by atoms with Crippen LogP contribution >= 0.6 is 11.6 Å². The second-order valence-electron chi connectivity index (χ2n) is 5.62. The molecule has 128 valence electrons. The van der Waals surface area contributed by atoms with Crippen molar-refractivity contribution in [2.75, 3.05) is 13.2 Å². The van der Waals surface area contributed by atoms with Gasteiger partial charge in [-0.05, 0) is 55.5 Å². The van der Waals surface area contributed by atoms with Crippen molar-refractivity contribution < 1.29 is 9.53 Å². The van der Waals surface area contributed by atoms with Crippen LogP contribution in [0.15, 0.2) is 48.5 Å². The van der Waals surface area contributed by atoms with E-state index in [0.29, 0.717) is 19.6 Å². The van der Waals surface area contributed by atoms with Crippen molar-refractivity contribution in [2.24, 2.45) is 0 Å². The van der Waals surface area contributed by atoms with E-state index in [9.17, 15) is 4.79 Å². The summed E-state index contributed by atoms with van der Waals surface area (Å²) in [6.07, 6.45) is 3.03. The molecular formula is C20H24ClNO2. The van der Waals surface area contributed by atoms with Gasteiger partial charge in [0.2, 0.25) is 5.91 Å². The summed E-state index contributed by atoms with van der Waals surface area (Å²) in [7, 11) is 0. The van der Waals surface area contributed by atoms with E-state index in [1.165, 1.54) is 5.56 Å². The molecule has 0 aliphatic heterocycles. The van der Waals surface area contributed by atoms with Gasteiger partial charge in [-0.3, -0.25) is 4.79 Å². The summed E-state index contributed by atoms with van der Waals surface area (Å²) >= 11 is 5.85. The van der Waals surface area contributed by atoms with Crippen molar-refractivity contribution in [1.82, 2.24) is 5.32 Å². The molecule has 0 aromatic heterocycles. The molecule has 0 fully saturated rings. The molecule has 2 rings (SSSR count). The Morgan fingerprint density at radius 1 is 1.08 bits per heavy atom. The SMILES string of the molecule is CCOc1ccccc1CCCNC(=O)CCc1ccc(Cl)cc1. The number of carbonyl (C=O) groups excluding carboxylic acids is 1. The minimum absolute atomic E-state index is 0.0862. The van der Waals surface area contributed by atoms with Gasteiger partial charge < -0.3 is 10.1 Å². The first-order valence-electron chi connectivity index (χ1n) is 8.41. The fraction of sp³-hybridized carbons (Fsp3) is 0.350. The van der Waals surface area contributed by atoms with Gasteiger partial charge in [0.05, 0.1) is 6.61 Å². The number of nitrogens with one attached hydrogen (secondary N) is 1. The van der Waals surface area contributed by atoms with E-state index in [2.05, 4.69) is 11.4 Å². The predicted octanol–water partition coefficient (Wildman–Crippen LogP) is 4.42. The van der Waals surface area contributed by atoms with Gasteiger partial charge in [0.1, 0.15) is 5.75 Å². The second kappa shape index (κ2) is 9.99. The Kier molecular flexibility index (Phi) is 7.63.